The van der Waals surface area contributed by atoms with Crippen LogP contribution in [0.15, 0.2) is 77.4 Å². The van der Waals surface area contributed by atoms with Crippen molar-refractivity contribution in [2.24, 2.45) is 0 Å². The fraction of sp³-hybridized carbons (Fsp3) is 0.143. The monoisotopic (exact) mass is 346 g/mol. The first kappa shape index (κ1) is 16.1. The smallest absolute Gasteiger partial charge is 0.290 e. The van der Waals surface area contributed by atoms with Crippen LogP contribution in [0.25, 0.3) is 0 Å². The van der Waals surface area contributed by atoms with Crippen LogP contribution < -0.4 is 5.32 Å². The molecule has 0 aliphatic carbocycles. The third-order valence-electron chi connectivity index (χ3n) is 4.59. The van der Waals surface area contributed by atoms with Gasteiger partial charge in [-0.05, 0) is 35.4 Å². The Morgan fingerprint density at radius 1 is 0.923 bits per heavy atom. The molecule has 26 heavy (non-hydrogen) atoms. The Labute approximate surface area is 151 Å². The van der Waals surface area contributed by atoms with Gasteiger partial charge in [-0.2, -0.15) is 0 Å². The van der Waals surface area contributed by atoms with Crippen LogP contribution in [-0.2, 0) is 17.8 Å². The Kier molecular flexibility index (Phi) is 4.27. The molecule has 1 aliphatic heterocycles. The number of carbonyl (C=O) groups is 2. The van der Waals surface area contributed by atoms with E-state index in [0.717, 1.165) is 11.1 Å². The number of hydrogen-bond donors (Lipinski definition) is 1. The van der Waals surface area contributed by atoms with Crippen LogP contribution in [0.1, 0.15) is 21.7 Å². The van der Waals surface area contributed by atoms with Crippen molar-refractivity contribution in [2.75, 3.05) is 5.32 Å². The van der Waals surface area contributed by atoms with Crippen molar-refractivity contribution < 1.29 is 14.0 Å². The lowest BCUT2D eigenvalue weighted by Crippen LogP contribution is -2.50. The number of para-hydroxylation sites is 1. The highest BCUT2D eigenvalue weighted by molar-refractivity contribution is 6.00. The third kappa shape index (κ3) is 3.11. The van der Waals surface area contributed by atoms with Crippen LogP contribution in [0.3, 0.4) is 0 Å². The molecule has 0 spiro atoms. The van der Waals surface area contributed by atoms with Crippen molar-refractivity contribution in [1.82, 2.24) is 4.90 Å². The molecule has 4 rings (SSSR count). The summed E-state index contributed by atoms with van der Waals surface area (Å²) >= 11 is 0. The topological polar surface area (TPSA) is 62.6 Å². The van der Waals surface area contributed by atoms with Gasteiger partial charge in [0.05, 0.1) is 6.26 Å². The fourth-order valence-electron chi connectivity index (χ4n) is 3.26. The predicted molar refractivity (Wildman–Crippen MR) is 97.6 cm³/mol. The summed E-state index contributed by atoms with van der Waals surface area (Å²) in [5, 5.41) is 2.91. The number of nitrogens with one attached hydrogen (secondary N) is 1. The molecule has 130 valence electrons. The number of furan rings is 1. The summed E-state index contributed by atoms with van der Waals surface area (Å²) in [6.45, 7) is 0.378. The summed E-state index contributed by atoms with van der Waals surface area (Å²) < 4.78 is 5.26. The van der Waals surface area contributed by atoms with Gasteiger partial charge in [0.25, 0.3) is 5.91 Å². The zero-order chi connectivity index (χ0) is 17.9. The van der Waals surface area contributed by atoms with Gasteiger partial charge in [-0.3, -0.25) is 9.59 Å². The van der Waals surface area contributed by atoms with Gasteiger partial charge < -0.3 is 14.6 Å². The van der Waals surface area contributed by atoms with Gasteiger partial charge in [-0.15, -0.1) is 0 Å². The predicted octanol–water partition coefficient (Wildman–Crippen LogP) is 3.49. The number of hydrogen-bond acceptors (Lipinski definition) is 3. The second-order valence-electron chi connectivity index (χ2n) is 6.25. The Hall–Kier alpha value is -3.34. The van der Waals surface area contributed by atoms with Gasteiger partial charge in [0.15, 0.2) is 5.76 Å². The molecule has 2 aromatic carbocycles. The minimum atomic E-state index is -0.595. The Morgan fingerprint density at radius 2 is 1.65 bits per heavy atom. The molecule has 1 aromatic heterocycles. The standard InChI is InChI=1S/C21H18N2O3/c24-20(22-17-9-2-1-3-10-17)18-13-15-7-4-5-8-16(15)14-23(18)21(25)19-11-6-12-26-19/h1-12,18H,13-14H2,(H,22,24)/t18-/m0/s1. The zero-order valence-corrected chi connectivity index (χ0v) is 14.1. The van der Waals surface area contributed by atoms with E-state index in [-0.39, 0.29) is 17.6 Å². The summed E-state index contributed by atoms with van der Waals surface area (Å²) in [4.78, 5) is 27.4. The van der Waals surface area contributed by atoms with Crippen molar-refractivity contribution in [1.29, 1.82) is 0 Å². The molecular formula is C21H18N2O3. The number of nitrogens with zero attached hydrogens (tertiary/aromatic N) is 1. The van der Waals surface area contributed by atoms with Gasteiger partial charge >= 0.3 is 0 Å². The molecule has 2 amide bonds. The molecule has 0 saturated carbocycles. The first-order valence-electron chi connectivity index (χ1n) is 8.49. The van der Waals surface area contributed by atoms with E-state index in [4.69, 9.17) is 4.42 Å². The van der Waals surface area contributed by atoms with E-state index < -0.39 is 6.04 Å². The highest BCUT2D eigenvalue weighted by Crippen LogP contribution is 2.26. The lowest BCUT2D eigenvalue weighted by Gasteiger charge is -2.35. The summed E-state index contributed by atoms with van der Waals surface area (Å²) in [6, 6.07) is 19.8. The Morgan fingerprint density at radius 3 is 2.38 bits per heavy atom. The second kappa shape index (κ2) is 6.88. The molecule has 1 atom stereocenters. The van der Waals surface area contributed by atoms with E-state index >= 15 is 0 Å². The van der Waals surface area contributed by atoms with Crippen molar-refractivity contribution in [3.8, 4) is 0 Å². The molecule has 0 fully saturated rings. The number of benzene rings is 2. The molecular weight excluding hydrogens is 328 g/mol. The van der Waals surface area contributed by atoms with E-state index in [9.17, 15) is 9.59 Å². The molecule has 1 aliphatic rings. The molecule has 3 aromatic rings. The number of amides is 2. The number of fused-ring (bicyclic) bond motifs is 1. The van der Waals surface area contributed by atoms with E-state index in [1.54, 1.807) is 17.0 Å². The van der Waals surface area contributed by atoms with Gasteiger partial charge in [0, 0.05) is 18.7 Å². The van der Waals surface area contributed by atoms with Gasteiger partial charge in [-0.25, -0.2) is 0 Å². The Balaban J connectivity index is 1.64. The first-order valence-corrected chi connectivity index (χ1v) is 8.49. The normalized spacial score (nSPS) is 16.0. The minimum Gasteiger partial charge on any atom is -0.459 e. The maximum atomic E-state index is 12.9. The largest absolute Gasteiger partial charge is 0.459 e. The van der Waals surface area contributed by atoms with Crippen LogP contribution in [0.5, 0.6) is 0 Å². The van der Waals surface area contributed by atoms with Gasteiger partial charge in [0.2, 0.25) is 5.91 Å². The van der Waals surface area contributed by atoms with E-state index in [0.29, 0.717) is 18.7 Å². The molecule has 0 bridgehead atoms. The maximum absolute atomic E-state index is 12.9. The Bertz CT molecular complexity index is 919. The van der Waals surface area contributed by atoms with Gasteiger partial charge in [0.1, 0.15) is 6.04 Å². The molecule has 0 unspecified atom stereocenters. The molecule has 5 heteroatoms. The van der Waals surface area contributed by atoms with Crippen LogP contribution in [-0.4, -0.2) is 22.8 Å². The zero-order valence-electron chi connectivity index (χ0n) is 14.1. The fourth-order valence-corrected chi connectivity index (χ4v) is 3.26. The first-order chi connectivity index (χ1) is 12.7. The van der Waals surface area contributed by atoms with E-state index in [2.05, 4.69) is 5.32 Å². The van der Waals surface area contributed by atoms with Crippen molar-refractivity contribution in [2.45, 2.75) is 19.0 Å². The number of anilines is 1. The van der Waals surface area contributed by atoms with Crippen LogP contribution >= 0.6 is 0 Å². The van der Waals surface area contributed by atoms with E-state index in [1.807, 2.05) is 54.6 Å². The molecule has 5 nitrogen and oxygen atoms in total. The summed E-state index contributed by atoms with van der Waals surface area (Å²) in [5.74, 6) is -0.245. The number of carbonyl (C=O) groups excluding carboxylic acids is 2. The number of rotatable bonds is 3. The summed E-state index contributed by atoms with van der Waals surface area (Å²) in [5.41, 5.74) is 2.85. The van der Waals surface area contributed by atoms with Crippen LogP contribution in [0.2, 0.25) is 0 Å². The summed E-state index contributed by atoms with van der Waals surface area (Å²) in [6.07, 6.45) is 1.94. The lowest BCUT2D eigenvalue weighted by atomic mass is 9.93. The van der Waals surface area contributed by atoms with Crippen molar-refractivity contribution in [3.05, 3.63) is 89.9 Å². The lowest BCUT2D eigenvalue weighted by molar-refractivity contribution is -0.121. The van der Waals surface area contributed by atoms with Crippen LogP contribution in [0.4, 0.5) is 5.69 Å². The van der Waals surface area contributed by atoms with Gasteiger partial charge in [-0.1, -0.05) is 42.5 Å². The molecule has 0 saturated heterocycles. The minimum absolute atomic E-state index is 0.203. The highest BCUT2D eigenvalue weighted by Gasteiger charge is 2.35. The van der Waals surface area contributed by atoms with E-state index in [1.165, 1.54) is 6.26 Å². The van der Waals surface area contributed by atoms with Crippen molar-refractivity contribution >= 4 is 17.5 Å². The quantitative estimate of drug-likeness (QED) is 0.790. The average molecular weight is 346 g/mol. The molecule has 1 N–H and O–H groups in total. The SMILES string of the molecule is O=C(Nc1ccccc1)[C@@H]1Cc2ccccc2CN1C(=O)c1ccco1. The average Bonchev–Trinajstić information content (AvgIpc) is 3.22. The van der Waals surface area contributed by atoms with Crippen LogP contribution in [0, 0.1) is 0 Å². The summed E-state index contributed by atoms with van der Waals surface area (Å²) in [7, 11) is 0. The second-order valence-corrected chi connectivity index (χ2v) is 6.25. The van der Waals surface area contributed by atoms with Crippen molar-refractivity contribution in [3.63, 3.8) is 0 Å². The molecule has 2 heterocycles. The maximum Gasteiger partial charge on any atom is 0.290 e. The highest BCUT2D eigenvalue weighted by atomic mass is 16.3. The third-order valence-corrected chi connectivity index (χ3v) is 4.59. The molecule has 0 radical (unpaired) electrons.